The number of likely N-dealkylation sites (tertiary alicyclic amines) is 2. The number of rotatable bonds is 13. The van der Waals surface area contributed by atoms with Crippen LogP contribution in [-0.2, 0) is 19.9 Å². The Labute approximate surface area is 399 Å². The standard InChI is InChI=1S/C49H56F3N7O8S2/c1-31(2)38-6-3-4-7-39(38)42-8-5-19-59(42)35-27-48(28-35)16-22-57(23-17-48)34-9-11-40(43(25-34)67-36-24-33-13-18-53-45(33)55-30-36)46(60)56-69(65,66)37-10-12-41(44(26-37)68(63,64)49(50,51)52)54-29-32-14-20-58(21-15-32)47(61)62/h3-4,6-7,9-13,18,24-26,30-32,35,42,54H,5,8,14-17,19-23,27-29H2,1-2H3,(H,53,55)(H,56,60)(H,61,62). The summed E-state index contributed by atoms with van der Waals surface area (Å²) in [5, 5.41) is 12.7. The molecule has 0 radical (unpaired) electrons. The molecule has 1 unspecified atom stereocenters. The lowest BCUT2D eigenvalue weighted by atomic mass is 9.59. The maximum atomic E-state index is 14.0. The zero-order chi connectivity index (χ0) is 48.9. The Hall–Kier alpha value is -5.86. The van der Waals surface area contributed by atoms with E-state index in [1.54, 1.807) is 30.5 Å². The van der Waals surface area contributed by atoms with Gasteiger partial charge in [-0.1, -0.05) is 38.1 Å². The molecular weight excluding hydrogens is 936 g/mol. The van der Waals surface area contributed by atoms with Crippen molar-refractivity contribution in [3.63, 3.8) is 0 Å². The molecule has 4 aliphatic rings. The molecule has 69 heavy (non-hydrogen) atoms. The van der Waals surface area contributed by atoms with Crippen molar-refractivity contribution in [2.24, 2.45) is 11.3 Å². The number of halogens is 3. The van der Waals surface area contributed by atoms with Gasteiger partial charge in [0.1, 0.15) is 22.0 Å². The molecule has 4 fully saturated rings. The topological polar surface area (TPSA) is 194 Å². The molecule has 3 aliphatic heterocycles. The lowest BCUT2D eigenvalue weighted by Gasteiger charge is -2.56. The largest absolute Gasteiger partial charge is 0.501 e. The fraction of sp³-hybridized carbons (Fsp3) is 0.449. The number of sulfonamides is 1. The molecule has 0 bridgehead atoms. The third-order valence-corrected chi connectivity index (χ3v) is 17.5. The lowest BCUT2D eigenvalue weighted by Crippen LogP contribution is -2.54. The number of aromatic amines is 1. The van der Waals surface area contributed by atoms with Crippen LogP contribution in [0.3, 0.4) is 0 Å². The number of carbonyl (C=O) groups excluding carboxylic acids is 1. The molecule has 3 saturated heterocycles. The van der Waals surface area contributed by atoms with Crippen molar-refractivity contribution >= 4 is 54.3 Å². The van der Waals surface area contributed by atoms with Gasteiger partial charge in [-0.25, -0.2) is 31.3 Å². The van der Waals surface area contributed by atoms with E-state index in [1.807, 2.05) is 4.72 Å². The summed E-state index contributed by atoms with van der Waals surface area (Å²) in [4.78, 5) is 36.6. The number of benzene rings is 3. The summed E-state index contributed by atoms with van der Waals surface area (Å²) in [5.41, 5.74) is -2.05. The number of nitrogens with one attached hydrogen (secondary N) is 3. The molecule has 2 amide bonds. The fourth-order valence-electron chi connectivity index (χ4n) is 10.8. The number of H-pyrrole nitrogens is 1. The quantitative estimate of drug-likeness (QED) is 0.0875. The van der Waals surface area contributed by atoms with E-state index in [1.165, 1.54) is 41.1 Å². The Morgan fingerprint density at radius 3 is 2.38 bits per heavy atom. The van der Waals surface area contributed by atoms with Gasteiger partial charge in [-0.3, -0.25) is 9.69 Å². The molecule has 2 aromatic heterocycles. The van der Waals surface area contributed by atoms with Crippen LogP contribution in [0.2, 0.25) is 0 Å². The molecule has 20 heteroatoms. The second-order valence-electron chi connectivity index (χ2n) is 19.2. The highest BCUT2D eigenvalue weighted by Crippen LogP contribution is 2.54. The van der Waals surface area contributed by atoms with Gasteiger partial charge in [-0.2, -0.15) is 13.2 Å². The molecule has 3 aromatic carbocycles. The minimum atomic E-state index is -6.10. The summed E-state index contributed by atoms with van der Waals surface area (Å²) in [6.45, 7) is 7.49. The normalized spacial score (nSPS) is 19.5. The molecule has 4 N–H and O–H groups in total. The Morgan fingerprint density at radius 1 is 0.928 bits per heavy atom. The maximum absolute atomic E-state index is 14.0. The molecule has 368 valence electrons. The summed E-state index contributed by atoms with van der Waals surface area (Å²) in [5.74, 6) is -0.671. The number of carbonyl (C=O) groups is 2. The van der Waals surface area contributed by atoms with Crippen LogP contribution in [0.5, 0.6) is 11.5 Å². The van der Waals surface area contributed by atoms with E-state index in [4.69, 9.17) is 4.74 Å². The number of nitrogens with zero attached hydrogens (tertiary/aromatic N) is 4. The van der Waals surface area contributed by atoms with E-state index in [0.717, 1.165) is 63.1 Å². The molecule has 5 heterocycles. The van der Waals surface area contributed by atoms with Crippen molar-refractivity contribution in [2.45, 2.75) is 98.5 Å². The van der Waals surface area contributed by atoms with Crippen LogP contribution in [0.4, 0.5) is 29.3 Å². The lowest BCUT2D eigenvalue weighted by molar-refractivity contribution is -0.0436. The van der Waals surface area contributed by atoms with E-state index in [2.05, 4.69) is 63.2 Å². The monoisotopic (exact) mass is 991 g/mol. The maximum Gasteiger partial charge on any atom is 0.501 e. The first-order chi connectivity index (χ1) is 32.8. The summed E-state index contributed by atoms with van der Waals surface area (Å²) in [6.07, 6.45) is 9.37. The van der Waals surface area contributed by atoms with Gasteiger partial charge in [0, 0.05) is 68.1 Å². The summed E-state index contributed by atoms with van der Waals surface area (Å²) in [7, 11) is -11.1. The van der Waals surface area contributed by atoms with Gasteiger partial charge in [0.05, 0.1) is 22.3 Å². The highest BCUT2D eigenvalue weighted by Gasteiger charge is 2.51. The van der Waals surface area contributed by atoms with E-state index in [0.29, 0.717) is 47.9 Å². The minimum Gasteiger partial charge on any atom is -0.465 e. The summed E-state index contributed by atoms with van der Waals surface area (Å²) < 4.78 is 104. The zero-order valence-electron chi connectivity index (χ0n) is 38.3. The third-order valence-electron chi connectivity index (χ3n) is 14.6. The number of amides is 2. The first-order valence-corrected chi connectivity index (χ1v) is 26.4. The van der Waals surface area contributed by atoms with Gasteiger partial charge in [0.2, 0.25) is 0 Å². The van der Waals surface area contributed by atoms with Crippen molar-refractivity contribution in [1.29, 1.82) is 0 Å². The van der Waals surface area contributed by atoms with Crippen molar-refractivity contribution < 1.29 is 49.4 Å². The van der Waals surface area contributed by atoms with Crippen LogP contribution in [0, 0.1) is 11.3 Å². The van der Waals surface area contributed by atoms with Gasteiger partial charge >= 0.3 is 11.6 Å². The molecular formula is C49H56F3N7O8S2. The van der Waals surface area contributed by atoms with Crippen LogP contribution in [-0.4, -0.2) is 105 Å². The van der Waals surface area contributed by atoms with E-state index >= 15 is 0 Å². The van der Waals surface area contributed by atoms with Crippen molar-refractivity contribution in [3.8, 4) is 11.5 Å². The van der Waals surface area contributed by atoms with E-state index in [9.17, 15) is 44.7 Å². The molecule has 1 aliphatic carbocycles. The number of ether oxygens (including phenoxy) is 1. The Bertz CT molecular complexity index is 2960. The molecule has 1 saturated carbocycles. The Kier molecular flexibility index (Phi) is 13.1. The summed E-state index contributed by atoms with van der Waals surface area (Å²) >= 11 is 0. The first kappa shape index (κ1) is 48.2. The molecule has 15 nitrogen and oxygen atoms in total. The molecule has 5 aromatic rings. The van der Waals surface area contributed by atoms with Crippen LogP contribution < -0.4 is 19.7 Å². The number of aromatic nitrogens is 2. The predicted octanol–water partition coefficient (Wildman–Crippen LogP) is 9.28. The zero-order valence-corrected chi connectivity index (χ0v) is 40.0. The van der Waals surface area contributed by atoms with E-state index in [-0.39, 0.29) is 48.0 Å². The van der Waals surface area contributed by atoms with Gasteiger partial charge in [0.15, 0.2) is 0 Å². The van der Waals surface area contributed by atoms with Crippen LogP contribution in [0.1, 0.15) is 98.7 Å². The van der Waals surface area contributed by atoms with Crippen molar-refractivity contribution in [3.05, 3.63) is 102 Å². The predicted molar refractivity (Wildman–Crippen MR) is 254 cm³/mol. The number of alkyl halides is 3. The number of sulfone groups is 1. The van der Waals surface area contributed by atoms with Crippen LogP contribution >= 0.6 is 0 Å². The SMILES string of the molecule is CC(C)c1ccccc1C1CCCN1C1CC2(CCN(c3ccc(C(=O)NS(=O)(=O)c4ccc(NCC5CCN(C(=O)O)CC5)c(S(=O)(=O)C(F)(F)F)c4)c(Oc4cnc5[nH]ccc5c4)c3)CC2)C1. The average Bonchev–Trinajstić information content (AvgIpc) is 4.00. The average molecular weight is 992 g/mol. The van der Waals surface area contributed by atoms with Crippen LogP contribution in [0.25, 0.3) is 11.0 Å². The second-order valence-corrected chi connectivity index (χ2v) is 22.8. The first-order valence-electron chi connectivity index (χ1n) is 23.4. The number of anilines is 2. The number of piperidine rings is 2. The van der Waals surface area contributed by atoms with Gasteiger partial charge in [-0.05, 0) is 129 Å². The van der Waals surface area contributed by atoms with Gasteiger partial charge < -0.3 is 29.9 Å². The van der Waals surface area contributed by atoms with Crippen LogP contribution in [0.15, 0.2) is 95.0 Å². The minimum absolute atomic E-state index is 0.00305. The Morgan fingerprint density at radius 2 is 1.67 bits per heavy atom. The number of carboxylic acid groups (broad SMARTS) is 1. The van der Waals surface area contributed by atoms with E-state index < -0.39 is 52.8 Å². The van der Waals surface area contributed by atoms with Gasteiger partial charge in [0.25, 0.3) is 25.8 Å². The van der Waals surface area contributed by atoms with Crippen molar-refractivity contribution in [2.75, 3.05) is 49.5 Å². The molecule has 1 atom stereocenters. The van der Waals surface area contributed by atoms with Crippen molar-refractivity contribution in [1.82, 2.24) is 24.5 Å². The third kappa shape index (κ3) is 9.84. The Balaban J connectivity index is 0.922. The number of fused-ring (bicyclic) bond motifs is 1. The van der Waals surface area contributed by atoms with Gasteiger partial charge in [-0.15, -0.1) is 0 Å². The number of hydrogen-bond donors (Lipinski definition) is 4. The number of hydrogen-bond acceptors (Lipinski definition) is 11. The summed E-state index contributed by atoms with van der Waals surface area (Å²) in [6, 6.07) is 20.3. The fourth-order valence-corrected chi connectivity index (χ4v) is 12.8. The smallest absolute Gasteiger partial charge is 0.465 e. The second kappa shape index (κ2) is 18.8. The highest BCUT2D eigenvalue weighted by atomic mass is 32.2. The molecule has 1 spiro atoms. The number of pyridine rings is 1. The molecule has 9 rings (SSSR count). The highest BCUT2D eigenvalue weighted by molar-refractivity contribution is 7.92.